The second-order valence-corrected chi connectivity index (χ2v) is 8.25. The summed E-state index contributed by atoms with van der Waals surface area (Å²) in [6.45, 7) is 4.41. The highest BCUT2D eigenvalue weighted by atomic mass is 35.5. The Morgan fingerprint density at radius 2 is 1.55 bits per heavy atom. The highest BCUT2D eigenvalue weighted by Gasteiger charge is 2.31. The van der Waals surface area contributed by atoms with Crippen LogP contribution in [0.1, 0.15) is 48.9 Å². The number of nitrogens with zero attached hydrogens (tertiary/aromatic N) is 2. The lowest BCUT2D eigenvalue weighted by Crippen LogP contribution is -2.05. The van der Waals surface area contributed by atoms with E-state index in [1.54, 1.807) is 0 Å². The Kier molecular flexibility index (Phi) is 5.51. The third-order valence-electron chi connectivity index (χ3n) is 5.60. The van der Waals surface area contributed by atoms with Crippen molar-refractivity contribution in [1.29, 1.82) is 5.26 Å². The smallest absolute Gasteiger partial charge is 0.0914 e. The molecule has 0 saturated heterocycles. The van der Waals surface area contributed by atoms with Crippen molar-refractivity contribution in [2.75, 3.05) is 0 Å². The van der Waals surface area contributed by atoms with Crippen molar-refractivity contribution in [1.82, 2.24) is 0 Å². The Labute approximate surface area is 177 Å². The summed E-state index contributed by atoms with van der Waals surface area (Å²) in [5.41, 5.74) is 6.63. The first kappa shape index (κ1) is 19.4. The lowest BCUT2D eigenvalue weighted by molar-refractivity contribution is 0.594. The van der Waals surface area contributed by atoms with Gasteiger partial charge in [0.2, 0.25) is 0 Å². The maximum Gasteiger partial charge on any atom is 0.0914 e. The summed E-state index contributed by atoms with van der Waals surface area (Å²) in [5, 5.41) is 10.4. The van der Waals surface area contributed by atoms with Gasteiger partial charge in [-0.25, -0.2) is 0 Å². The molecule has 0 aromatic heterocycles. The van der Waals surface area contributed by atoms with Crippen molar-refractivity contribution in [3.63, 3.8) is 0 Å². The Balaban J connectivity index is 1.61. The van der Waals surface area contributed by atoms with E-state index >= 15 is 0 Å². The molecule has 2 nitrogen and oxygen atoms in total. The van der Waals surface area contributed by atoms with Gasteiger partial charge in [-0.1, -0.05) is 92.2 Å². The first-order valence-electron chi connectivity index (χ1n) is 9.98. The molecule has 29 heavy (non-hydrogen) atoms. The van der Waals surface area contributed by atoms with Crippen LogP contribution < -0.4 is 0 Å². The van der Waals surface area contributed by atoms with Crippen LogP contribution in [0.3, 0.4) is 0 Å². The first-order chi connectivity index (χ1) is 14.1. The van der Waals surface area contributed by atoms with Crippen LogP contribution in [0.5, 0.6) is 0 Å². The minimum atomic E-state index is -0.169. The summed E-state index contributed by atoms with van der Waals surface area (Å²) < 4.78 is 0. The molecule has 0 spiro atoms. The molecule has 0 N–H and O–H groups in total. The van der Waals surface area contributed by atoms with E-state index < -0.39 is 0 Å². The van der Waals surface area contributed by atoms with Crippen molar-refractivity contribution in [3.05, 3.63) is 94.5 Å². The summed E-state index contributed by atoms with van der Waals surface area (Å²) in [6, 6.07) is 27.2. The van der Waals surface area contributed by atoms with Gasteiger partial charge in [0, 0.05) is 22.7 Å². The normalized spacial score (nSPS) is 18.5. The van der Waals surface area contributed by atoms with Crippen molar-refractivity contribution >= 4 is 17.3 Å². The molecule has 0 radical (unpaired) electrons. The van der Waals surface area contributed by atoms with Crippen LogP contribution in [0.25, 0.3) is 11.1 Å². The number of aliphatic imine (C=N–C) groups is 1. The summed E-state index contributed by atoms with van der Waals surface area (Å²) >= 11 is 6.34. The molecule has 3 aromatic rings. The number of benzene rings is 3. The van der Waals surface area contributed by atoms with Crippen LogP contribution in [0.4, 0.5) is 0 Å². The van der Waals surface area contributed by atoms with E-state index in [-0.39, 0.29) is 12.0 Å². The Hall–Kier alpha value is -2.89. The molecule has 0 aliphatic carbocycles. The van der Waals surface area contributed by atoms with Gasteiger partial charge in [-0.3, -0.25) is 4.99 Å². The summed E-state index contributed by atoms with van der Waals surface area (Å²) in [4.78, 5) is 4.88. The number of halogens is 1. The maximum atomic E-state index is 9.68. The second kappa shape index (κ2) is 8.23. The molecule has 2 unspecified atom stereocenters. The van der Waals surface area contributed by atoms with E-state index in [1.807, 2.05) is 24.3 Å². The van der Waals surface area contributed by atoms with Crippen LogP contribution in [0.2, 0.25) is 5.02 Å². The predicted molar refractivity (Wildman–Crippen MR) is 120 cm³/mol. The molecule has 3 aromatic carbocycles. The molecule has 0 bridgehead atoms. The number of hydrogen-bond acceptors (Lipinski definition) is 2. The van der Waals surface area contributed by atoms with Crippen molar-refractivity contribution in [3.8, 4) is 17.2 Å². The average Bonchev–Trinajstić information content (AvgIpc) is 3.18. The molecule has 0 fully saturated rings. The molecule has 2 atom stereocenters. The monoisotopic (exact) mass is 398 g/mol. The van der Waals surface area contributed by atoms with Gasteiger partial charge in [0.25, 0.3) is 0 Å². The Morgan fingerprint density at radius 3 is 2.14 bits per heavy atom. The van der Waals surface area contributed by atoms with Crippen molar-refractivity contribution < 1.29 is 0 Å². The van der Waals surface area contributed by atoms with Gasteiger partial charge in [0.15, 0.2) is 0 Å². The fourth-order valence-corrected chi connectivity index (χ4v) is 4.11. The largest absolute Gasteiger partial charge is 0.280 e. The lowest BCUT2D eigenvalue weighted by atomic mass is 9.91. The zero-order valence-corrected chi connectivity index (χ0v) is 17.4. The highest BCUT2D eigenvalue weighted by Crippen LogP contribution is 2.38. The van der Waals surface area contributed by atoms with Crippen LogP contribution in [0.15, 0.2) is 77.8 Å². The highest BCUT2D eigenvalue weighted by molar-refractivity contribution is 6.34. The summed E-state index contributed by atoms with van der Waals surface area (Å²) in [7, 11) is 0. The van der Waals surface area contributed by atoms with Gasteiger partial charge >= 0.3 is 0 Å². The number of rotatable bonds is 4. The summed E-state index contributed by atoms with van der Waals surface area (Å²) in [5.74, 6) is 0.360. The number of nitriles is 1. The van der Waals surface area contributed by atoms with Crippen LogP contribution in [-0.4, -0.2) is 5.71 Å². The van der Waals surface area contributed by atoms with Crippen LogP contribution >= 0.6 is 11.6 Å². The average molecular weight is 399 g/mol. The zero-order chi connectivity index (χ0) is 20.4. The molecule has 144 valence electrons. The molecule has 1 aliphatic rings. The summed E-state index contributed by atoms with van der Waals surface area (Å²) in [6.07, 6.45) is 0.628. The Morgan fingerprint density at radius 1 is 0.931 bits per heavy atom. The van der Waals surface area contributed by atoms with Gasteiger partial charge in [-0.2, -0.15) is 5.26 Å². The van der Waals surface area contributed by atoms with E-state index in [2.05, 4.69) is 68.4 Å². The minimum absolute atomic E-state index is 0.149. The van der Waals surface area contributed by atoms with Crippen molar-refractivity contribution in [2.45, 2.75) is 32.2 Å². The predicted octanol–water partition coefficient (Wildman–Crippen LogP) is 7.20. The molecule has 1 aliphatic heterocycles. The molecule has 4 rings (SSSR count). The van der Waals surface area contributed by atoms with Gasteiger partial charge in [0.1, 0.15) is 0 Å². The van der Waals surface area contributed by atoms with Crippen LogP contribution in [0, 0.1) is 17.2 Å². The fraction of sp³-hybridized carbons (Fsp3) is 0.231. The van der Waals surface area contributed by atoms with E-state index in [4.69, 9.17) is 16.6 Å². The molecule has 3 heteroatoms. The minimum Gasteiger partial charge on any atom is -0.280 e. The van der Waals surface area contributed by atoms with E-state index in [1.165, 1.54) is 16.7 Å². The van der Waals surface area contributed by atoms with Crippen LogP contribution in [-0.2, 0) is 0 Å². The van der Waals surface area contributed by atoms with Gasteiger partial charge in [-0.05, 0) is 34.2 Å². The first-order valence-corrected chi connectivity index (χ1v) is 10.4. The molecular weight excluding hydrogens is 376 g/mol. The standard InChI is InChI=1S/C26H23ClN2/c1-17(2)18-7-9-19(10-8-18)20-11-13-21(14-12-20)26-22(16-28)15-25(29-26)23-5-3-4-6-24(23)27/h3-14,17,22,26H,15H2,1-2H3. The number of hydrogen-bond donors (Lipinski definition) is 0. The third kappa shape index (κ3) is 3.97. The molecular formula is C26H23ClN2. The van der Waals surface area contributed by atoms with E-state index in [0.717, 1.165) is 16.8 Å². The van der Waals surface area contributed by atoms with Crippen molar-refractivity contribution in [2.24, 2.45) is 10.9 Å². The quantitative estimate of drug-likeness (QED) is 0.457. The topological polar surface area (TPSA) is 36.1 Å². The van der Waals surface area contributed by atoms with E-state index in [9.17, 15) is 5.26 Å². The Bertz CT molecular complexity index is 1070. The van der Waals surface area contributed by atoms with E-state index in [0.29, 0.717) is 17.4 Å². The SMILES string of the molecule is CC(C)c1ccc(-c2ccc(C3N=C(c4ccccc4Cl)CC3C#N)cc2)cc1. The van der Waals surface area contributed by atoms with Gasteiger partial charge < -0.3 is 0 Å². The maximum absolute atomic E-state index is 9.68. The zero-order valence-electron chi connectivity index (χ0n) is 16.6. The molecule has 1 heterocycles. The second-order valence-electron chi connectivity index (χ2n) is 7.84. The van der Waals surface area contributed by atoms with Gasteiger partial charge in [0.05, 0.1) is 18.0 Å². The lowest BCUT2D eigenvalue weighted by Gasteiger charge is -2.12. The molecule has 0 amide bonds. The third-order valence-corrected chi connectivity index (χ3v) is 5.93. The van der Waals surface area contributed by atoms with Gasteiger partial charge in [-0.15, -0.1) is 0 Å². The fourth-order valence-electron chi connectivity index (χ4n) is 3.86. The molecule has 0 saturated carbocycles.